The lowest BCUT2D eigenvalue weighted by molar-refractivity contribution is -0.116. The largest absolute Gasteiger partial charge is 0.508 e. The summed E-state index contributed by atoms with van der Waals surface area (Å²) in [6.07, 6.45) is 0.733. The van der Waals surface area contributed by atoms with Gasteiger partial charge in [-0.05, 0) is 96.9 Å². The molecule has 3 aromatic rings. The van der Waals surface area contributed by atoms with Gasteiger partial charge in [-0.15, -0.1) is 12.4 Å². The van der Waals surface area contributed by atoms with E-state index in [0.29, 0.717) is 12.3 Å². The number of aromatic hydroxyl groups is 2. The number of hydrogen-bond donors (Lipinski definition) is 3. The van der Waals surface area contributed by atoms with Crippen LogP contribution in [0.15, 0.2) is 66.7 Å². The van der Waals surface area contributed by atoms with Gasteiger partial charge < -0.3 is 25.2 Å². The van der Waals surface area contributed by atoms with E-state index in [4.69, 9.17) is 4.74 Å². The number of halogens is 1. The molecular weight excluding hydrogens is 464 g/mol. The van der Waals surface area contributed by atoms with Gasteiger partial charge in [0.25, 0.3) is 0 Å². The van der Waals surface area contributed by atoms with Gasteiger partial charge >= 0.3 is 0 Å². The third kappa shape index (κ3) is 5.78. The summed E-state index contributed by atoms with van der Waals surface area (Å²) in [4.78, 5) is 15.7. The number of nitrogens with one attached hydrogen (secondary N) is 1. The SMILES string of the molecule is CCC1=C(c2ccc(O)cc2)C(C(=O)Nc2ccc(OCCN(C)C)cc2)c2cc(O)ccc21.Cl. The van der Waals surface area contributed by atoms with Crippen molar-refractivity contribution in [1.82, 2.24) is 4.90 Å². The molecule has 1 aliphatic rings. The number of anilines is 1. The maximum atomic E-state index is 13.6. The van der Waals surface area contributed by atoms with Crippen molar-refractivity contribution in [3.63, 3.8) is 0 Å². The number of rotatable bonds is 8. The van der Waals surface area contributed by atoms with Gasteiger partial charge in [-0.3, -0.25) is 4.79 Å². The Labute approximate surface area is 212 Å². The molecule has 0 aliphatic heterocycles. The molecule has 1 aliphatic carbocycles. The van der Waals surface area contributed by atoms with E-state index < -0.39 is 5.92 Å². The molecule has 35 heavy (non-hydrogen) atoms. The Morgan fingerprint density at radius 1 is 0.971 bits per heavy atom. The van der Waals surface area contributed by atoms with E-state index in [9.17, 15) is 15.0 Å². The summed E-state index contributed by atoms with van der Waals surface area (Å²) in [5, 5.41) is 23.0. The normalized spacial score (nSPS) is 14.5. The number of phenols is 2. The van der Waals surface area contributed by atoms with Crippen molar-refractivity contribution in [2.75, 3.05) is 32.6 Å². The van der Waals surface area contributed by atoms with Crippen LogP contribution in [-0.4, -0.2) is 48.3 Å². The van der Waals surface area contributed by atoms with Crippen molar-refractivity contribution in [3.8, 4) is 17.2 Å². The number of allylic oxidation sites excluding steroid dienone is 1. The Kier molecular flexibility index (Phi) is 8.43. The van der Waals surface area contributed by atoms with E-state index in [1.165, 1.54) is 0 Å². The van der Waals surface area contributed by atoms with Crippen molar-refractivity contribution in [2.45, 2.75) is 19.3 Å². The number of likely N-dealkylation sites (N-methyl/N-ethyl adjacent to an activating group) is 1. The van der Waals surface area contributed by atoms with Crippen molar-refractivity contribution in [2.24, 2.45) is 0 Å². The van der Waals surface area contributed by atoms with Crippen LogP contribution in [0, 0.1) is 0 Å². The second kappa shape index (κ2) is 11.3. The monoisotopic (exact) mass is 494 g/mol. The summed E-state index contributed by atoms with van der Waals surface area (Å²) in [5.41, 5.74) is 5.24. The quantitative estimate of drug-likeness (QED) is 0.384. The second-order valence-electron chi connectivity index (χ2n) is 8.66. The van der Waals surface area contributed by atoms with Gasteiger partial charge in [-0.1, -0.05) is 25.1 Å². The number of carbonyl (C=O) groups is 1. The number of carbonyl (C=O) groups excluding carboxylic acids is 1. The maximum Gasteiger partial charge on any atom is 0.236 e. The van der Waals surface area contributed by atoms with E-state index in [2.05, 4.69) is 17.1 Å². The Bertz CT molecular complexity index is 1200. The molecule has 6 nitrogen and oxygen atoms in total. The highest BCUT2D eigenvalue weighted by molar-refractivity contribution is 6.14. The van der Waals surface area contributed by atoms with Crippen molar-refractivity contribution < 1.29 is 19.7 Å². The van der Waals surface area contributed by atoms with E-state index >= 15 is 0 Å². The number of benzene rings is 3. The maximum absolute atomic E-state index is 13.6. The molecule has 4 rings (SSSR count). The Morgan fingerprint density at radius 3 is 2.26 bits per heavy atom. The smallest absolute Gasteiger partial charge is 0.236 e. The van der Waals surface area contributed by atoms with Gasteiger partial charge in [0.15, 0.2) is 0 Å². The predicted octanol–water partition coefficient (Wildman–Crippen LogP) is 5.52. The van der Waals surface area contributed by atoms with Crippen molar-refractivity contribution in [1.29, 1.82) is 0 Å². The molecule has 0 spiro atoms. The van der Waals surface area contributed by atoms with E-state index in [-0.39, 0.29) is 29.8 Å². The van der Waals surface area contributed by atoms with E-state index in [1.807, 2.05) is 56.6 Å². The molecule has 1 unspecified atom stereocenters. The number of ether oxygens (including phenoxy) is 1. The first-order valence-corrected chi connectivity index (χ1v) is 11.4. The highest BCUT2D eigenvalue weighted by atomic mass is 35.5. The Hall–Kier alpha value is -3.48. The fraction of sp³-hybridized carbons (Fsp3) is 0.250. The zero-order chi connectivity index (χ0) is 24.2. The molecule has 7 heteroatoms. The predicted molar refractivity (Wildman–Crippen MR) is 142 cm³/mol. The molecule has 0 radical (unpaired) electrons. The number of phenolic OH excluding ortho intramolecular Hbond substituents is 2. The first-order chi connectivity index (χ1) is 16.4. The number of amides is 1. The standard InChI is InChI=1S/C28H30N2O4.ClH/c1-4-23-24-14-11-21(32)17-25(24)27(26(23)18-5-9-20(31)10-6-18)28(33)29-19-7-12-22(13-8-19)34-16-15-30(2)3;/h5-14,17,27,31-32H,4,15-16H2,1-3H3,(H,29,33);1H. The van der Waals surface area contributed by atoms with Crippen molar-refractivity contribution >= 4 is 35.1 Å². The molecule has 0 fully saturated rings. The van der Waals surface area contributed by atoms with Crippen LogP contribution in [-0.2, 0) is 4.79 Å². The van der Waals surface area contributed by atoms with E-state index in [1.54, 1.807) is 24.3 Å². The summed E-state index contributed by atoms with van der Waals surface area (Å²) < 4.78 is 5.74. The Morgan fingerprint density at radius 2 is 1.63 bits per heavy atom. The minimum absolute atomic E-state index is 0. The minimum Gasteiger partial charge on any atom is -0.508 e. The van der Waals surface area contributed by atoms with Gasteiger partial charge in [-0.25, -0.2) is 0 Å². The van der Waals surface area contributed by atoms with E-state index in [0.717, 1.165) is 46.6 Å². The molecule has 0 heterocycles. The lowest BCUT2D eigenvalue weighted by Gasteiger charge is -2.18. The van der Waals surface area contributed by atoms with Crippen LogP contribution in [0.5, 0.6) is 17.2 Å². The highest BCUT2D eigenvalue weighted by Gasteiger charge is 2.36. The fourth-order valence-corrected chi connectivity index (χ4v) is 4.37. The topological polar surface area (TPSA) is 82.0 Å². The van der Waals surface area contributed by atoms with Crippen LogP contribution < -0.4 is 10.1 Å². The third-order valence-electron chi connectivity index (χ3n) is 6.01. The summed E-state index contributed by atoms with van der Waals surface area (Å²) in [5.74, 6) is 0.272. The molecule has 0 saturated heterocycles. The fourth-order valence-electron chi connectivity index (χ4n) is 4.37. The summed E-state index contributed by atoms with van der Waals surface area (Å²) >= 11 is 0. The molecule has 3 N–H and O–H groups in total. The molecule has 184 valence electrons. The zero-order valence-corrected chi connectivity index (χ0v) is 20.9. The third-order valence-corrected chi connectivity index (χ3v) is 6.01. The van der Waals surface area contributed by atoms with Gasteiger partial charge in [0.05, 0.1) is 5.92 Å². The molecule has 1 amide bonds. The van der Waals surface area contributed by atoms with Crippen molar-refractivity contribution in [3.05, 3.63) is 83.4 Å². The lowest BCUT2D eigenvalue weighted by Crippen LogP contribution is -2.21. The summed E-state index contributed by atoms with van der Waals surface area (Å²) in [6, 6.07) is 19.4. The van der Waals surface area contributed by atoms with Crippen LogP contribution in [0.1, 0.15) is 36.0 Å². The molecule has 0 saturated carbocycles. The number of fused-ring (bicyclic) bond motifs is 1. The molecule has 0 aromatic heterocycles. The van der Waals surface area contributed by atoms with Gasteiger partial charge in [0.1, 0.15) is 23.9 Å². The first-order valence-electron chi connectivity index (χ1n) is 11.4. The van der Waals surface area contributed by atoms with Crippen LogP contribution in [0.4, 0.5) is 5.69 Å². The summed E-state index contributed by atoms with van der Waals surface area (Å²) in [6.45, 7) is 3.46. The lowest BCUT2D eigenvalue weighted by atomic mass is 9.89. The number of nitrogens with zero attached hydrogens (tertiary/aromatic N) is 1. The first kappa shape index (κ1) is 26.1. The second-order valence-corrected chi connectivity index (χ2v) is 8.66. The highest BCUT2D eigenvalue weighted by Crippen LogP contribution is 2.49. The van der Waals surface area contributed by atoms with Gasteiger partial charge in [0, 0.05) is 12.2 Å². The minimum atomic E-state index is -0.586. The van der Waals surface area contributed by atoms with Crippen LogP contribution in [0.2, 0.25) is 0 Å². The zero-order valence-electron chi connectivity index (χ0n) is 20.1. The van der Waals surface area contributed by atoms with Crippen LogP contribution >= 0.6 is 12.4 Å². The molecule has 3 aromatic carbocycles. The molecular formula is C28H31ClN2O4. The van der Waals surface area contributed by atoms with Gasteiger partial charge in [0.2, 0.25) is 5.91 Å². The van der Waals surface area contributed by atoms with Gasteiger partial charge in [-0.2, -0.15) is 0 Å². The van der Waals surface area contributed by atoms with Crippen LogP contribution in [0.3, 0.4) is 0 Å². The van der Waals surface area contributed by atoms with Crippen LogP contribution in [0.25, 0.3) is 11.1 Å². The average molecular weight is 495 g/mol. The molecule has 0 bridgehead atoms. The molecule has 1 atom stereocenters. The average Bonchev–Trinajstić information content (AvgIpc) is 3.14. The summed E-state index contributed by atoms with van der Waals surface area (Å²) in [7, 11) is 3.99. The number of hydrogen-bond acceptors (Lipinski definition) is 5. The Balaban J connectivity index is 0.00000342.